The van der Waals surface area contributed by atoms with Gasteiger partial charge in [0.1, 0.15) is 6.04 Å². The molecule has 1 heterocycles. The molecule has 0 aliphatic carbocycles. The first kappa shape index (κ1) is 16.6. The molecule has 0 radical (unpaired) electrons. The molecule has 1 aromatic rings. The van der Waals surface area contributed by atoms with E-state index in [0.29, 0.717) is 5.02 Å². The maximum absolute atomic E-state index is 12.5. The molecular weight excluding hydrogens is 352 g/mol. The molecule has 0 saturated carbocycles. The van der Waals surface area contributed by atoms with Crippen LogP contribution in [-0.4, -0.2) is 29.9 Å². The van der Waals surface area contributed by atoms with Crippen LogP contribution in [-0.2, 0) is 4.79 Å². The Morgan fingerprint density at radius 2 is 1.90 bits per heavy atom. The number of halogens is 2. The molecule has 1 N–H and O–H groups in total. The zero-order valence-corrected chi connectivity index (χ0v) is 14.9. The number of nitrogens with zero attached hydrogens (tertiary/aromatic N) is 1. The molecule has 1 amide bonds. The van der Waals surface area contributed by atoms with Crippen molar-refractivity contribution >= 4 is 39.1 Å². The van der Waals surface area contributed by atoms with Crippen molar-refractivity contribution in [3.63, 3.8) is 0 Å². The lowest BCUT2D eigenvalue weighted by Crippen LogP contribution is -2.41. The lowest BCUT2D eigenvalue weighted by Gasteiger charge is -2.25. The Kier molecular flexibility index (Phi) is 5.94. The zero-order valence-electron chi connectivity index (χ0n) is 12.6. The minimum atomic E-state index is -0.252. The molecule has 1 aliphatic heterocycles. The van der Waals surface area contributed by atoms with Gasteiger partial charge in [0.15, 0.2) is 0 Å². The van der Waals surface area contributed by atoms with Crippen molar-refractivity contribution in [2.24, 2.45) is 0 Å². The van der Waals surface area contributed by atoms with Gasteiger partial charge in [0.25, 0.3) is 0 Å². The molecule has 5 heteroatoms. The number of hydrogen-bond donors (Lipinski definition) is 1. The van der Waals surface area contributed by atoms with E-state index in [9.17, 15) is 4.79 Å². The first-order valence-corrected chi connectivity index (χ1v) is 8.67. The van der Waals surface area contributed by atoms with Crippen molar-refractivity contribution < 1.29 is 4.79 Å². The third-order valence-electron chi connectivity index (χ3n) is 3.91. The number of nitrogens with one attached hydrogen (secondary N) is 1. The second-order valence-electron chi connectivity index (χ2n) is 5.69. The summed E-state index contributed by atoms with van der Waals surface area (Å²) in [5, 5.41) is 3.98. The molecule has 21 heavy (non-hydrogen) atoms. The first-order valence-electron chi connectivity index (χ1n) is 7.50. The third kappa shape index (κ3) is 4.36. The van der Waals surface area contributed by atoms with E-state index < -0.39 is 0 Å². The SMILES string of the molecule is Cc1cc(Br)c(NC(C)C(=O)N2CCCCCC2)cc1Cl. The summed E-state index contributed by atoms with van der Waals surface area (Å²) in [7, 11) is 0. The topological polar surface area (TPSA) is 32.3 Å². The van der Waals surface area contributed by atoms with E-state index in [2.05, 4.69) is 21.2 Å². The van der Waals surface area contributed by atoms with Gasteiger partial charge in [0, 0.05) is 22.6 Å². The van der Waals surface area contributed by atoms with Gasteiger partial charge in [-0.3, -0.25) is 4.79 Å². The molecule has 0 bridgehead atoms. The normalized spacial score (nSPS) is 17.2. The summed E-state index contributed by atoms with van der Waals surface area (Å²) >= 11 is 9.68. The van der Waals surface area contributed by atoms with Crippen molar-refractivity contribution in [2.45, 2.75) is 45.6 Å². The molecule has 1 aliphatic rings. The fourth-order valence-electron chi connectivity index (χ4n) is 2.62. The number of carbonyl (C=O) groups is 1. The van der Waals surface area contributed by atoms with Gasteiger partial charge in [-0.05, 0) is 60.3 Å². The van der Waals surface area contributed by atoms with Crippen LogP contribution in [0.25, 0.3) is 0 Å². The Balaban J connectivity index is 2.04. The van der Waals surface area contributed by atoms with Gasteiger partial charge in [-0.2, -0.15) is 0 Å². The predicted molar refractivity (Wildman–Crippen MR) is 92.0 cm³/mol. The van der Waals surface area contributed by atoms with Gasteiger partial charge in [0.2, 0.25) is 5.91 Å². The summed E-state index contributed by atoms with van der Waals surface area (Å²) in [6, 6.07) is 3.58. The molecular formula is C16H22BrClN2O. The van der Waals surface area contributed by atoms with Crippen molar-refractivity contribution in [1.29, 1.82) is 0 Å². The van der Waals surface area contributed by atoms with E-state index >= 15 is 0 Å². The Morgan fingerprint density at radius 1 is 1.29 bits per heavy atom. The van der Waals surface area contributed by atoms with Crippen LogP contribution in [0.2, 0.25) is 5.02 Å². The van der Waals surface area contributed by atoms with E-state index in [4.69, 9.17) is 11.6 Å². The molecule has 0 spiro atoms. The smallest absolute Gasteiger partial charge is 0.244 e. The largest absolute Gasteiger partial charge is 0.373 e. The summed E-state index contributed by atoms with van der Waals surface area (Å²) in [6.07, 6.45) is 4.67. The fourth-order valence-corrected chi connectivity index (χ4v) is 3.35. The molecule has 3 nitrogen and oxygen atoms in total. The highest BCUT2D eigenvalue weighted by Gasteiger charge is 2.22. The van der Waals surface area contributed by atoms with Gasteiger partial charge >= 0.3 is 0 Å². The maximum Gasteiger partial charge on any atom is 0.244 e. The van der Waals surface area contributed by atoms with Gasteiger partial charge in [-0.25, -0.2) is 0 Å². The van der Waals surface area contributed by atoms with Crippen molar-refractivity contribution in [3.8, 4) is 0 Å². The zero-order chi connectivity index (χ0) is 15.4. The Morgan fingerprint density at radius 3 is 2.52 bits per heavy atom. The molecule has 1 unspecified atom stereocenters. The number of rotatable bonds is 3. The van der Waals surface area contributed by atoms with E-state index in [1.165, 1.54) is 12.8 Å². The number of benzene rings is 1. The average molecular weight is 374 g/mol. The van der Waals surface area contributed by atoms with Gasteiger partial charge in [0.05, 0.1) is 5.69 Å². The van der Waals surface area contributed by atoms with Crippen LogP contribution in [0.3, 0.4) is 0 Å². The van der Waals surface area contributed by atoms with Crippen LogP contribution in [0.15, 0.2) is 16.6 Å². The van der Waals surface area contributed by atoms with Gasteiger partial charge in [-0.15, -0.1) is 0 Å². The number of anilines is 1. The third-order valence-corrected chi connectivity index (χ3v) is 4.97. The lowest BCUT2D eigenvalue weighted by atomic mass is 10.2. The predicted octanol–water partition coefficient (Wildman–Crippen LogP) is 4.61. The van der Waals surface area contributed by atoms with Crippen LogP contribution in [0.1, 0.15) is 38.2 Å². The minimum Gasteiger partial charge on any atom is -0.373 e. The Hall–Kier alpha value is -0.740. The molecule has 1 saturated heterocycles. The number of carbonyl (C=O) groups excluding carboxylic acids is 1. The summed E-state index contributed by atoms with van der Waals surface area (Å²) < 4.78 is 0.930. The van der Waals surface area contributed by atoms with E-state index in [1.807, 2.05) is 30.9 Å². The number of hydrogen-bond acceptors (Lipinski definition) is 2. The second-order valence-corrected chi connectivity index (χ2v) is 6.95. The highest BCUT2D eigenvalue weighted by Crippen LogP contribution is 2.29. The van der Waals surface area contributed by atoms with Crippen LogP contribution >= 0.6 is 27.5 Å². The van der Waals surface area contributed by atoms with Crippen molar-refractivity contribution in [3.05, 3.63) is 27.2 Å². The standard InChI is InChI=1S/C16H22BrClN2O/c1-11-9-13(17)15(10-14(11)18)19-12(2)16(21)20-7-5-3-4-6-8-20/h9-10,12,19H,3-8H2,1-2H3. The van der Waals surface area contributed by atoms with E-state index in [-0.39, 0.29) is 11.9 Å². The average Bonchev–Trinajstić information content (AvgIpc) is 2.72. The maximum atomic E-state index is 12.5. The molecule has 1 aromatic carbocycles. The fraction of sp³-hybridized carbons (Fsp3) is 0.562. The van der Waals surface area contributed by atoms with Crippen molar-refractivity contribution in [2.75, 3.05) is 18.4 Å². The highest BCUT2D eigenvalue weighted by molar-refractivity contribution is 9.10. The number of likely N-dealkylation sites (tertiary alicyclic amines) is 1. The Labute approximate surface area is 140 Å². The monoisotopic (exact) mass is 372 g/mol. The highest BCUT2D eigenvalue weighted by atomic mass is 79.9. The van der Waals surface area contributed by atoms with E-state index in [0.717, 1.165) is 41.7 Å². The summed E-state index contributed by atoms with van der Waals surface area (Å²) in [5.41, 5.74) is 1.88. The van der Waals surface area contributed by atoms with Crippen LogP contribution in [0.5, 0.6) is 0 Å². The molecule has 2 rings (SSSR count). The first-order chi connectivity index (χ1) is 9.99. The quantitative estimate of drug-likeness (QED) is 0.839. The molecule has 1 atom stereocenters. The summed E-state index contributed by atoms with van der Waals surface area (Å²) in [5.74, 6) is 0.167. The number of amides is 1. The summed E-state index contributed by atoms with van der Waals surface area (Å²) in [6.45, 7) is 5.62. The molecule has 1 fully saturated rings. The van der Waals surface area contributed by atoms with E-state index in [1.54, 1.807) is 0 Å². The lowest BCUT2D eigenvalue weighted by molar-refractivity contribution is -0.131. The van der Waals surface area contributed by atoms with Gasteiger partial charge in [-0.1, -0.05) is 24.4 Å². The van der Waals surface area contributed by atoms with Crippen LogP contribution in [0, 0.1) is 6.92 Å². The van der Waals surface area contributed by atoms with Crippen LogP contribution in [0.4, 0.5) is 5.69 Å². The van der Waals surface area contributed by atoms with Crippen molar-refractivity contribution in [1.82, 2.24) is 4.90 Å². The molecule has 116 valence electrons. The second kappa shape index (κ2) is 7.50. The summed E-state index contributed by atoms with van der Waals surface area (Å²) in [4.78, 5) is 14.5. The Bertz CT molecular complexity index is 513. The number of aryl methyl sites for hydroxylation is 1. The van der Waals surface area contributed by atoms with Gasteiger partial charge < -0.3 is 10.2 Å². The van der Waals surface area contributed by atoms with Crippen LogP contribution < -0.4 is 5.32 Å². The minimum absolute atomic E-state index is 0.167. The molecule has 0 aromatic heterocycles.